The van der Waals surface area contributed by atoms with E-state index in [4.69, 9.17) is 14.3 Å². The predicted octanol–water partition coefficient (Wildman–Crippen LogP) is 4.29. The second-order valence-corrected chi connectivity index (χ2v) is 5.22. The zero-order valence-corrected chi connectivity index (χ0v) is 12.8. The van der Waals surface area contributed by atoms with Crippen LogP contribution in [-0.4, -0.2) is 22.4 Å². The van der Waals surface area contributed by atoms with Gasteiger partial charge in [-0.1, -0.05) is 13.3 Å². The van der Waals surface area contributed by atoms with E-state index in [1.165, 1.54) is 0 Å². The molecule has 2 N–H and O–H groups in total. The van der Waals surface area contributed by atoms with Crippen molar-refractivity contribution in [3.63, 3.8) is 0 Å². The molecule has 0 spiro atoms. The molecule has 0 atom stereocenters. The summed E-state index contributed by atoms with van der Waals surface area (Å²) in [6.07, 6.45) is 6.82. The Morgan fingerprint density at radius 1 is 1.45 bits per heavy atom. The average Bonchev–Trinajstić information content (AvgIpc) is 2.87. The molecule has 0 bridgehead atoms. The molecule has 0 fully saturated rings. The van der Waals surface area contributed by atoms with Gasteiger partial charge in [-0.3, -0.25) is 4.79 Å². The molecule has 0 aliphatic carbocycles. The fraction of sp³-hybridized carbons (Fsp3) is 0.400. The van der Waals surface area contributed by atoms with Crippen molar-refractivity contribution < 1.29 is 19.4 Å². The lowest BCUT2D eigenvalue weighted by molar-refractivity contribution is -0.134. The Morgan fingerprint density at radius 3 is 2.65 bits per heavy atom. The number of benzene rings is 1. The van der Waals surface area contributed by atoms with E-state index in [9.17, 15) is 5.11 Å². The van der Waals surface area contributed by atoms with Gasteiger partial charge in [-0.25, -0.2) is 0 Å². The number of thioether (sulfide) groups is 1. The van der Waals surface area contributed by atoms with Crippen LogP contribution in [0.5, 0.6) is 5.75 Å². The van der Waals surface area contributed by atoms with Crippen LogP contribution < -0.4 is 0 Å². The van der Waals surface area contributed by atoms with Gasteiger partial charge in [0.2, 0.25) is 0 Å². The first-order valence-corrected chi connectivity index (χ1v) is 7.69. The Kier molecular flexibility index (Phi) is 6.45. The minimum absolute atomic E-state index is 0.384. The first-order valence-electron chi connectivity index (χ1n) is 6.46. The molecule has 1 heterocycles. The van der Waals surface area contributed by atoms with Crippen molar-refractivity contribution in [2.45, 2.75) is 38.0 Å². The van der Waals surface area contributed by atoms with Gasteiger partial charge in [-0.15, -0.1) is 11.8 Å². The van der Waals surface area contributed by atoms with Crippen molar-refractivity contribution in [1.82, 2.24) is 0 Å². The van der Waals surface area contributed by atoms with Crippen LogP contribution in [-0.2, 0) is 11.2 Å². The Hall–Kier alpha value is -1.62. The van der Waals surface area contributed by atoms with Crippen LogP contribution in [0.1, 0.15) is 32.3 Å². The molecule has 0 saturated heterocycles. The maximum atomic E-state index is 10.1. The summed E-state index contributed by atoms with van der Waals surface area (Å²) in [4.78, 5) is 10.1. The third-order valence-electron chi connectivity index (χ3n) is 2.77. The van der Waals surface area contributed by atoms with Crippen molar-refractivity contribution in [3.8, 4) is 5.75 Å². The highest BCUT2D eigenvalue weighted by Gasteiger charge is 2.12. The molecule has 0 unspecified atom stereocenters. The molecule has 0 amide bonds. The number of aryl methyl sites for hydroxylation is 1. The second kappa shape index (κ2) is 7.85. The number of hydrogen-bond acceptors (Lipinski definition) is 4. The molecule has 1 aromatic carbocycles. The Bertz CT molecular complexity index is 571. The van der Waals surface area contributed by atoms with Crippen molar-refractivity contribution in [1.29, 1.82) is 0 Å². The minimum Gasteiger partial charge on any atom is -0.507 e. The topological polar surface area (TPSA) is 70.7 Å². The molecule has 2 rings (SSSR count). The summed E-state index contributed by atoms with van der Waals surface area (Å²) in [5, 5.41) is 18.4. The van der Waals surface area contributed by atoms with Gasteiger partial charge in [0, 0.05) is 6.92 Å². The lowest BCUT2D eigenvalue weighted by Crippen LogP contribution is -1.88. The molecule has 0 aliphatic rings. The molecule has 0 radical (unpaired) electrons. The van der Waals surface area contributed by atoms with E-state index in [0.717, 1.165) is 47.6 Å². The van der Waals surface area contributed by atoms with Gasteiger partial charge in [-0.05, 0) is 36.8 Å². The number of phenolic OH excluding ortho intramolecular Hbond substituents is 1. The molecule has 110 valence electrons. The van der Waals surface area contributed by atoms with Gasteiger partial charge in [0.1, 0.15) is 5.75 Å². The normalized spacial score (nSPS) is 10.2. The van der Waals surface area contributed by atoms with E-state index >= 15 is 0 Å². The van der Waals surface area contributed by atoms with Crippen LogP contribution in [0.15, 0.2) is 27.7 Å². The summed E-state index contributed by atoms with van der Waals surface area (Å²) >= 11 is 1.65. The summed E-state index contributed by atoms with van der Waals surface area (Å²) in [5.74, 6) is -0.449. The van der Waals surface area contributed by atoms with Crippen LogP contribution in [0.2, 0.25) is 0 Å². The molecule has 20 heavy (non-hydrogen) atoms. The highest BCUT2D eigenvalue weighted by Crippen LogP contribution is 2.37. The van der Waals surface area contributed by atoms with Crippen LogP contribution >= 0.6 is 11.8 Å². The van der Waals surface area contributed by atoms with Gasteiger partial charge in [0.25, 0.3) is 5.97 Å². The average molecular weight is 296 g/mol. The number of rotatable bonds is 4. The predicted molar refractivity (Wildman–Crippen MR) is 81.6 cm³/mol. The smallest absolute Gasteiger partial charge is 0.300 e. The molecule has 4 nitrogen and oxygen atoms in total. The second-order valence-electron chi connectivity index (χ2n) is 4.37. The van der Waals surface area contributed by atoms with Crippen molar-refractivity contribution in [3.05, 3.63) is 24.0 Å². The van der Waals surface area contributed by atoms with E-state index in [2.05, 4.69) is 6.92 Å². The summed E-state index contributed by atoms with van der Waals surface area (Å²) in [7, 11) is 0. The Labute approximate surface area is 122 Å². The molecule has 0 aliphatic heterocycles. The number of carbonyl (C=O) groups is 1. The first-order chi connectivity index (χ1) is 9.51. The third-order valence-corrected chi connectivity index (χ3v) is 3.52. The van der Waals surface area contributed by atoms with Gasteiger partial charge < -0.3 is 14.6 Å². The van der Waals surface area contributed by atoms with E-state index in [1.54, 1.807) is 18.0 Å². The monoisotopic (exact) mass is 296 g/mol. The number of fused-ring (bicyclic) bond motifs is 1. The Morgan fingerprint density at radius 2 is 2.10 bits per heavy atom. The standard InChI is InChI=1S/C13H16O2S.C2H4O2/c1-3-4-5-9-8-11(16-2)13-10(12(9)14)6-7-15-13;1-2(3)4/h6-8,14H,3-5H2,1-2H3;1H3,(H,3,4). The number of hydrogen-bond donors (Lipinski definition) is 2. The van der Waals surface area contributed by atoms with Crippen LogP contribution in [0.4, 0.5) is 0 Å². The van der Waals surface area contributed by atoms with Gasteiger partial charge in [0.15, 0.2) is 5.58 Å². The fourth-order valence-electron chi connectivity index (χ4n) is 1.86. The number of furan rings is 1. The summed E-state index contributed by atoms with van der Waals surface area (Å²) < 4.78 is 5.40. The SMILES string of the molecule is CC(=O)O.CCCCc1cc(SC)c2occc2c1O. The highest BCUT2D eigenvalue weighted by molar-refractivity contribution is 7.98. The van der Waals surface area contributed by atoms with Gasteiger partial charge in [-0.2, -0.15) is 0 Å². The van der Waals surface area contributed by atoms with E-state index in [-0.39, 0.29) is 0 Å². The molecule has 1 aromatic heterocycles. The maximum Gasteiger partial charge on any atom is 0.300 e. The quantitative estimate of drug-likeness (QED) is 0.823. The van der Waals surface area contributed by atoms with E-state index < -0.39 is 5.97 Å². The molecule has 0 saturated carbocycles. The van der Waals surface area contributed by atoms with Crippen LogP contribution in [0.3, 0.4) is 0 Å². The number of unbranched alkanes of at least 4 members (excludes halogenated alkanes) is 1. The van der Waals surface area contributed by atoms with Crippen LogP contribution in [0.25, 0.3) is 11.0 Å². The molecular formula is C15H20O4S. The van der Waals surface area contributed by atoms with E-state index in [1.807, 2.05) is 18.4 Å². The third kappa shape index (κ3) is 4.20. The van der Waals surface area contributed by atoms with Gasteiger partial charge >= 0.3 is 0 Å². The summed E-state index contributed by atoms with van der Waals surface area (Å²) in [5.41, 5.74) is 1.82. The molecule has 5 heteroatoms. The fourth-order valence-corrected chi connectivity index (χ4v) is 2.46. The molecular weight excluding hydrogens is 276 g/mol. The molecule has 2 aromatic rings. The maximum absolute atomic E-state index is 10.1. The van der Waals surface area contributed by atoms with Crippen molar-refractivity contribution in [2.24, 2.45) is 0 Å². The zero-order chi connectivity index (χ0) is 15.1. The summed E-state index contributed by atoms with van der Waals surface area (Å²) in [6, 6.07) is 3.88. The van der Waals surface area contributed by atoms with Crippen LogP contribution in [0, 0.1) is 0 Å². The number of carboxylic acid groups (broad SMARTS) is 1. The number of aromatic hydroxyl groups is 1. The zero-order valence-electron chi connectivity index (χ0n) is 12.0. The Balaban J connectivity index is 0.000000444. The first kappa shape index (κ1) is 16.4. The lowest BCUT2D eigenvalue weighted by atomic mass is 10.1. The summed E-state index contributed by atoms with van der Waals surface area (Å²) in [6.45, 7) is 3.24. The minimum atomic E-state index is -0.833. The number of carboxylic acids is 1. The van der Waals surface area contributed by atoms with E-state index in [0.29, 0.717) is 5.75 Å². The van der Waals surface area contributed by atoms with Gasteiger partial charge in [0.05, 0.1) is 16.5 Å². The van der Waals surface area contributed by atoms with Crippen molar-refractivity contribution >= 4 is 28.7 Å². The highest BCUT2D eigenvalue weighted by atomic mass is 32.2. The number of phenols is 1. The van der Waals surface area contributed by atoms with Crippen molar-refractivity contribution in [2.75, 3.05) is 6.26 Å². The largest absolute Gasteiger partial charge is 0.507 e. The number of aliphatic carboxylic acids is 1. The lowest BCUT2D eigenvalue weighted by Gasteiger charge is -2.07.